The monoisotopic (exact) mass is 277 g/mol. The molecule has 0 spiro atoms. The second kappa shape index (κ2) is 7.33. The normalized spacial score (nSPS) is 13.1. The van der Waals surface area contributed by atoms with Crippen molar-refractivity contribution in [2.24, 2.45) is 0 Å². The summed E-state index contributed by atoms with van der Waals surface area (Å²) in [5.41, 5.74) is -0.541. The van der Waals surface area contributed by atoms with E-state index in [1.165, 1.54) is 6.08 Å². The summed E-state index contributed by atoms with van der Waals surface area (Å²) in [4.78, 5) is 23.2. The molecule has 0 bridgehead atoms. The van der Waals surface area contributed by atoms with Gasteiger partial charge in [-0.05, 0) is 12.0 Å². The summed E-state index contributed by atoms with van der Waals surface area (Å²) in [5, 5.41) is 11.9. The fraction of sp³-hybridized carbons (Fsp3) is 0.333. The first kappa shape index (κ1) is 15.8. The molecule has 1 aromatic rings. The molecule has 0 aromatic heterocycles. The Morgan fingerprint density at radius 3 is 2.55 bits per heavy atom. The number of benzene rings is 1. The topological polar surface area (TPSA) is 75.6 Å². The van der Waals surface area contributed by atoms with E-state index in [0.717, 1.165) is 5.56 Å². The third kappa shape index (κ3) is 4.12. The van der Waals surface area contributed by atoms with Crippen molar-refractivity contribution in [3.63, 3.8) is 0 Å². The Morgan fingerprint density at radius 2 is 2.05 bits per heavy atom. The Kier molecular flexibility index (Phi) is 5.77. The number of ether oxygens (including phenoxy) is 1. The quantitative estimate of drug-likeness (QED) is 0.750. The highest BCUT2D eigenvalue weighted by Crippen LogP contribution is 2.18. The van der Waals surface area contributed by atoms with E-state index in [-0.39, 0.29) is 19.4 Å². The van der Waals surface area contributed by atoms with Crippen LogP contribution in [0, 0.1) is 0 Å². The molecule has 1 amide bonds. The van der Waals surface area contributed by atoms with E-state index in [1.54, 1.807) is 6.92 Å². The first-order chi connectivity index (χ1) is 9.54. The smallest absolute Gasteiger partial charge is 0.408 e. The predicted octanol–water partition coefficient (Wildman–Crippen LogP) is 2.37. The van der Waals surface area contributed by atoms with Gasteiger partial charge in [0, 0.05) is 6.42 Å². The van der Waals surface area contributed by atoms with Crippen LogP contribution >= 0.6 is 0 Å². The standard InChI is InChI=1S/C15H19NO4/c1-3-10-20-14(19)16-15(4-2,13(17)18)11-12-8-6-5-7-9-12/h3,5-9H,1,4,10-11H2,2H3,(H,16,19)(H,17,18). The van der Waals surface area contributed by atoms with Gasteiger partial charge in [-0.3, -0.25) is 0 Å². The molecule has 108 valence electrons. The van der Waals surface area contributed by atoms with Crippen LogP contribution < -0.4 is 5.32 Å². The van der Waals surface area contributed by atoms with E-state index in [1.807, 2.05) is 30.3 Å². The maximum Gasteiger partial charge on any atom is 0.408 e. The Morgan fingerprint density at radius 1 is 1.40 bits per heavy atom. The van der Waals surface area contributed by atoms with Gasteiger partial charge in [0.2, 0.25) is 0 Å². The number of carboxylic acid groups (broad SMARTS) is 1. The Bertz CT molecular complexity index is 472. The third-order valence-corrected chi connectivity index (χ3v) is 3.04. The molecule has 0 heterocycles. The van der Waals surface area contributed by atoms with Crippen LogP contribution in [-0.2, 0) is 16.0 Å². The number of hydrogen-bond acceptors (Lipinski definition) is 3. The van der Waals surface area contributed by atoms with Gasteiger partial charge in [-0.1, -0.05) is 49.9 Å². The van der Waals surface area contributed by atoms with Gasteiger partial charge in [0.1, 0.15) is 12.1 Å². The van der Waals surface area contributed by atoms with E-state index in [9.17, 15) is 14.7 Å². The lowest BCUT2D eigenvalue weighted by atomic mass is 9.88. The van der Waals surface area contributed by atoms with Gasteiger partial charge in [-0.2, -0.15) is 0 Å². The first-order valence-corrected chi connectivity index (χ1v) is 6.37. The largest absolute Gasteiger partial charge is 0.479 e. The molecule has 0 aliphatic rings. The number of aliphatic carboxylic acids is 1. The van der Waals surface area contributed by atoms with Gasteiger partial charge < -0.3 is 15.2 Å². The SMILES string of the molecule is C=CCOC(=O)NC(CC)(Cc1ccccc1)C(=O)O. The zero-order chi connectivity index (χ0) is 15.0. The van der Waals surface area contributed by atoms with E-state index < -0.39 is 17.6 Å². The fourth-order valence-corrected chi connectivity index (χ4v) is 1.85. The molecule has 1 atom stereocenters. The van der Waals surface area contributed by atoms with Gasteiger partial charge in [0.05, 0.1) is 0 Å². The molecule has 0 fully saturated rings. The molecule has 0 aliphatic carbocycles. The van der Waals surface area contributed by atoms with Crippen LogP contribution in [0.1, 0.15) is 18.9 Å². The molecule has 0 saturated carbocycles. The molecular formula is C15H19NO4. The fourth-order valence-electron chi connectivity index (χ4n) is 1.85. The van der Waals surface area contributed by atoms with Crippen LogP contribution in [-0.4, -0.2) is 29.3 Å². The predicted molar refractivity (Wildman–Crippen MR) is 75.5 cm³/mol. The molecule has 0 radical (unpaired) electrons. The summed E-state index contributed by atoms with van der Waals surface area (Å²) in [5.74, 6) is -1.08. The molecule has 20 heavy (non-hydrogen) atoms. The highest BCUT2D eigenvalue weighted by atomic mass is 16.5. The summed E-state index contributed by atoms with van der Waals surface area (Å²) in [7, 11) is 0. The van der Waals surface area contributed by atoms with Crippen molar-refractivity contribution in [1.29, 1.82) is 0 Å². The minimum Gasteiger partial charge on any atom is -0.479 e. The van der Waals surface area contributed by atoms with Crippen LogP contribution in [0.15, 0.2) is 43.0 Å². The maximum atomic E-state index is 11.6. The van der Waals surface area contributed by atoms with Crippen molar-refractivity contribution in [3.05, 3.63) is 48.6 Å². The zero-order valence-corrected chi connectivity index (χ0v) is 11.5. The van der Waals surface area contributed by atoms with Gasteiger partial charge >= 0.3 is 12.1 Å². The van der Waals surface area contributed by atoms with Crippen LogP contribution in [0.3, 0.4) is 0 Å². The molecular weight excluding hydrogens is 258 g/mol. The van der Waals surface area contributed by atoms with Gasteiger partial charge in [-0.25, -0.2) is 9.59 Å². The molecule has 0 saturated heterocycles. The van der Waals surface area contributed by atoms with Crippen LogP contribution in [0.2, 0.25) is 0 Å². The Labute approximate surface area is 118 Å². The van der Waals surface area contributed by atoms with Crippen molar-refractivity contribution in [2.45, 2.75) is 25.3 Å². The third-order valence-electron chi connectivity index (χ3n) is 3.04. The first-order valence-electron chi connectivity index (χ1n) is 6.37. The molecule has 5 heteroatoms. The van der Waals surface area contributed by atoms with E-state index in [4.69, 9.17) is 4.74 Å². The van der Waals surface area contributed by atoms with Crippen LogP contribution in [0.5, 0.6) is 0 Å². The second-order valence-electron chi connectivity index (χ2n) is 4.42. The Hall–Kier alpha value is -2.30. The Balaban J connectivity index is 2.88. The number of rotatable bonds is 7. The molecule has 2 N–H and O–H groups in total. The molecule has 1 aromatic carbocycles. The number of carbonyl (C=O) groups is 2. The molecule has 5 nitrogen and oxygen atoms in total. The lowest BCUT2D eigenvalue weighted by molar-refractivity contribution is -0.144. The summed E-state index contributed by atoms with van der Waals surface area (Å²) >= 11 is 0. The summed E-state index contributed by atoms with van der Waals surface area (Å²) in [6, 6.07) is 9.15. The van der Waals surface area contributed by atoms with Gasteiger partial charge in [-0.15, -0.1) is 0 Å². The zero-order valence-electron chi connectivity index (χ0n) is 11.5. The summed E-state index contributed by atoms with van der Waals surface area (Å²) in [6.45, 7) is 5.18. The lowest BCUT2D eigenvalue weighted by Crippen LogP contribution is -2.55. The number of hydrogen-bond donors (Lipinski definition) is 2. The highest BCUT2D eigenvalue weighted by molar-refractivity contribution is 5.84. The van der Waals surface area contributed by atoms with Crippen molar-refractivity contribution < 1.29 is 19.4 Å². The maximum absolute atomic E-state index is 11.6. The van der Waals surface area contributed by atoms with Gasteiger partial charge in [0.25, 0.3) is 0 Å². The number of carboxylic acids is 1. The van der Waals surface area contributed by atoms with E-state index in [2.05, 4.69) is 11.9 Å². The number of alkyl carbamates (subject to hydrolysis) is 1. The average Bonchev–Trinajstić information content (AvgIpc) is 2.45. The van der Waals surface area contributed by atoms with Crippen LogP contribution in [0.4, 0.5) is 4.79 Å². The number of nitrogens with one attached hydrogen (secondary N) is 1. The highest BCUT2D eigenvalue weighted by Gasteiger charge is 2.39. The second-order valence-corrected chi connectivity index (χ2v) is 4.42. The minimum atomic E-state index is -1.38. The molecule has 1 rings (SSSR count). The van der Waals surface area contributed by atoms with Crippen molar-refractivity contribution in [3.8, 4) is 0 Å². The van der Waals surface area contributed by atoms with Crippen molar-refractivity contribution >= 4 is 12.1 Å². The van der Waals surface area contributed by atoms with E-state index in [0.29, 0.717) is 0 Å². The number of amides is 1. The molecule has 0 aliphatic heterocycles. The van der Waals surface area contributed by atoms with Crippen LogP contribution in [0.25, 0.3) is 0 Å². The lowest BCUT2D eigenvalue weighted by Gasteiger charge is -2.29. The van der Waals surface area contributed by atoms with Crippen molar-refractivity contribution in [1.82, 2.24) is 5.32 Å². The van der Waals surface area contributed by atoms with Gasteiger partial charge in [0.15, 0.2) is 0 Å². The summed E-state index contributed by atoms with van der Waals surface area (Å²) in [6.07, 6.45) is 1.11. The summed E-state index contributed by atoms with van der Waals surface area (Å²) < 4.78 is 4.80. The average molecular weight is 277 g/mol. The number of carbonyl (C=O) groups excluding carboxylic acids is 1. The molecule has 1 unspecified atom stereocenters. The van der Waals surface area contributed by atoms with E-state index >= 15 is 0 Å². The minimum absolute atomic E-state index is 0.0383. The van der Waals surface area contributed by atoms with Crippen molar-refractivity contribution in [2.75, 3.05) is 6.61 Å².